The van der Waals surface area contributed by atoms with E-state index >= 15 is 0 Å². The molecule has 2 aliphatic rings. The van der Waals surface area contributed by atoms with Crippen molar-refractivity contribution in [2.75, 3.05) is 6.54 Å². The average Bonchev–Trinajstić information content (AvgIpc) is 2.32. The van der Waals surface area contributed by atoms with Crippen LogP contribution in [-0.4, -0.2) is 23.5 Å². The van der Waals surface area contributed by atoms with Crippen molar-refractivity contribution < 1.29 is 14.7 Å². The zero-order chi connectivity index (χ0) is 13.0. The second-order valence-corrected chi connectivity index (χ2v) is 5.62. The second-order valence-electron chi connectivity index (χ2n) is 5.62. The minimum Gasteiger partial charge on any atom is -0.481 e. The third kappa shape index (κ3) is 3.12. The van der Waals surface area contributed by atoms with Crippen LogP contribution in [0.25, 0.3) is 0 Å². The second kappa shape index (κ2) is 5.55. The first-order chi connectivity index (χ1) is 8.61. The normalized spacial score (nSPS) is 25.2. The molecule has 0 heterocycles. The van der Waals surface area contributed by atoms with Crippen molar-refractivity contribution in [1.82, 2.24) is 5.32 Å². The molecule has 18 heavy (non-hydrogen) atoms. The Kier molecular flexibility index (Phi) is 4.04. The minimum absolute atomic E-state index is 0.0805. The summed E-state index contributed by atoms with van der Waals surface area (Å²) < 4.78 is 0. The lowest BCUT2D eigenvalue weighted by Gasteiger charge is -2.41. The maximum atomic E-state index is 12.0. The third-order valence-corrected chi connectivity index (χ3v) is 4.22. The van der Waals surface area contributed by atoms with Crippen LogP contribution in [0.1, 0.15) is 44.9 Å². The lowest BCUT2D eigenvalue weighted by atomic mass is 9.66. The fraction of sp³-hybridized carbons (Fsp3) is 0.714. The topological polar surface area (TPSA) is 66.4 Å². The zero-order valence-corrected chi connectivity index (χ0v) is 10.7. The summed E-state index contributed by atoms with van der Waals surface area (Å²) in [5, 5.41) is 11.9. The summed E-state index contributed by atoms with van der Waals surface area (Å²) in [6, 6.07) is 0. The maximum Gasteiger partial charge on any atom is 0.303 e. The number of aliphatic carboxylic acids is 1. The number of hydrogen-bond acceptors (Lipinski definition) is 2. The Morgan fingerprint density at radius 1 is 1.33 bits per heavy atom. The standard InChI is InChI=1S/C14H21NO3/c16-12(17)9-14(7-4-8-14)10-15-13(18)11-5-2-1-3-6-11/h1-2,11H,3-10H2,(H,15,18)(H,16,17). The smallest absolute Gasteiger partial charge is 0.303 e. The third-order valence-electron chi connectivity index (χ3n) is 4.22. The first-order valence-electron chi connectivity index (χ1n) is 6.76. The summed E-state index contributed by atoms with van der Waals surface area (Å²) in [5.74, 6) is -0.586. The van der Waals surface area contributed by atoms with Crippen LogP contribution in [0.3, 0.4) is 0 Å². The predicted octanol–water partition coefficient (Wildman–Crippen LogP) is 2.10. The van der Waals surface area contributed by atoms with Crippen molar-refractivity contribution in [3.8, 4) is 0 Å². The molecule has 2 aliphatic carbocycles. The summed E-state index contributed by atoms with van der Waals surface area (Å²) in [5.41, 5.74) is -0.175. The van der Waals surface area contributed by atoms with Crippen molar-refractivity contribution in [2.24, 2.45) is 11.3 Å². The lowest BCUT2D eigenvalue weighted by Crippen LogP contribution is -2.45. The molecule has 4 nitrogen and oxygen atoms in total. The molecule has 1 unspecified atom stereocenters. The van der Waals surface area contributed by atoms with E-state index < -0.39 is 5.97 Å². The molecule has 1 amide bonds. The van der Waals surface area contributed by atoms with Crippen LogP contribution < -0.4 is 5.32 Å². The van der Waals surface area contributed by atoms with Crippen molar-refractivity contribution in [3.63, 3.8) is 0 Å². The molecule has 0 saturated heterocycles. The molecule has 1 atom stereocenters. The van der Waals surface area contributed by atoms with Gasteiger partial charge in [-0.3, -0.25) is 9.59 Å². The molecule has 0 aliphatic heterocycles. The molecule has 0 radical (unpaired) electrons. The van der Waals surface area contributed by atoms with Crippen molar-refractivity contribution in [1.29, 1.82) is 0 Å². The van der Waals surface area contributed by atoms with Crippen LogP contribution in [0.4, 0.5) is 0 Å². The van der Waals surface area contributed by atoms with Gasteiger partial charge in [0.15, 0.2) is 0 Å². The van der Waals surface area contributed by atoms with E-state index in [1.165, 1.54) is 0 Å². The van der Waals surface area contributed by atoms with Gasteiger partial charge in [-0.25, -0.2) is 0 Å². The van der Waals surface area contributed by atoms with Crippen LogP contribution in [-0.2, 0) is 9.59 Å². The van der Waals surface area contributed by atoms with E-state index in [9.17, 15) is 9.59 Å². The first-order valence-corrected chi connectivity index (χ1v) is 6.76. The van der Waals surface area contributed by atoms with E-state index in [1.54, 1.807) is 0 Å². The zero-order valence-electron chi connectivity index (χ0n) is 10.7. The Morgan fingerprint density at radius 3 is 2.61 bits per heavy atom. The molecule has 0 bridgehead atoms. The molecule has 4 heteroatoms. The van der Waals surface area contributed by atoms with Gasteiger partial charge in [0.2, 0.25) is 5.91 Å². The molecule has 0 aromatic carbocycles. The van der Waals surface area contributed by atoms with Gasteiger partial charge in [0.1, 0.15) is 0 Å². The van der Waals surface area contributed by atoms with Crippen LogP contribution in [0.2, 0.25) is 0 Å². The molecule has 2 rings (SSSR count). The Hall–Kier alpha value is -1.32. The predicted molar refractivity (Wildman–Crippen MR) is 68.0 cm³/mol. The van der Waals surface area contributed by atoms with Gasteiger partial charge in [-0.2, -0.15) is 0 Å². The molecule has 0 spiro atoms. The maximum absolute atomic E-state index is 12.0. The molecule has 1 saturated carbocycles. The van der Waals surface area contributed by atoms with Crippen LogP contribution >= 0.6 is 0 Å². The van der Waals surface area contributed by atoms with Gasteiger partial charge in [-0.15, -0.1) is 0 Å². The van der Waals surface area contributed by atoms with Crippen molar-refractivity contribution >= 4 is 11.9 Å². The van der Waals surface area contributed by atoms with Crippen molar-refractivity contribution in [3.05, 3.63) is 12.2 Å². The van der Waals surface area contributed by atoms with Gasteiger partial charge >= 0.3 is 5.97 Å². The quantitative estimate of drug-likeness (QED) is 0.735. The van der Waals surface area contributed by atoms with Crippen LogP contribution in [0.5, 0.6) is 0 Å². The van der Waals surface area contributed by atoms with E-state index in [2.05, 4.69) is 17.5 Å². The molecule has 100 valence electrons. The molecule has 2 N–H and O–H groups in total. The highest BCUT2D eigenvalue weighted by Crippen LogP contribution is 2.43. The summed E-state index contributed by atoms with van der Waals surface area (Å²) in [6.45, 7) is 0.526. The van der Waals surface area contributed by atoms with Gasteiger partial charge in [0, 0.05) is 12.5 Å². The molecule has 0 aromatic rings. The number of carboxylic acid groups (broad SMARTS) is 1. The highest BCUT2D eigenvalue weighted by atomic mass is 16.4. The first kappa shape index (κ1) is 13.1. The molecular weight excluding hydrogens is 230 g/mol. The fourth-order valence-electron chi connectivity index (χ4n) is 2.86. The fourth-order valence-corrected chi connectivity index (χ4v) is 2.86. The number of carbonyl (C=O) groups is 2. The monoisotopic (exact) mass is 251 g/mol. The summed E-state index contributed by atoms with van der Waals surface area (Å²) in [6.07, 6.45) is 9.97. The van der Waals surface area contributed by atoms with E-state index in [1.807, 2.05) is 0 Å². The van der Waals surface area contributed by atoms with Gasteiger partial charge in [-0.05, 0) is 37.5 Å². The van der Waals surface area contributed by atoms with Gasteiger partial charge in [-0.1, -0.05) is 18.6 Å². The van der Waals surface area contributed by atoms with Crippen LogP contribution in [0.15, 0.2) is 12.2 Å². The van der Waals surface area contributed by atoms with Crippen LogP contribution in [0, 0.1) is 11.3 Å². The summed E-state index contributed by atoms with van der Waals surface area (Å²) in [4.78, 5) is 22.8. The number of nitrogens with one attached hydrogen (secondary N) is 1. The van der Waals surface area contributed by atoms with E-state index in [0.29, 0.717) is 6.54 Å². The Balaban J connectivity index is 1.80. The number of carboxylic acids is 1. The molecule has 0 aromatic heterocycles. The number of allylic oxidation sites excluding steroid dienone is 2. The average molecular weight is 251 g/mol. The van der Waals surface area contributed by atoms with E-state index in [0.717, 1.165) is 38.5 Å². The highest BCUT2D eigenvalue weighted by molar-refractivity contribution is 5.79. The van der Waals surface area contributed by atoms with E-state index in [-0.39, 0.29) is 23.7 Å². The summed E-state index contributed by atoms with van der Waals surface area (Å²) >= 11 is 0. The Bertz CT molecular complexity index is 358. The molecular formula is C14H21NO3. The number of carbonyl (C=O) groups excluding carboxylic acids is 1. The number of rotatable bonds is 5. The van der Waals surface area contributed by atoms with Crippen molar-refractivity contribution in [2.45, 2.75) is 44.9 Å². The summed E-state index contributed by atoms with van der Waals surface area (Å²) in [7, 11) is 0. The number of hydrogen-bond donors (Lipinski definition) is 2. The Morgan fingerprint density at radius 2 is 2.11 bits per heavy atom. The minimum atomic E-state index is -0.760. The number of amides is 1. The van der Waals surface area contributed by atoms with E-state index in [4.69, 9.17) is 5.11 Å². The lowest BCUT2D eigenvalue weighted by molar-refractivity contribution is -0.142. The van der Waals surface area contributed by atoms with Gasteiger partial charge < -0.3 is 10.4 Å². The SMILES string of the molecule is O=C(O)CC1(CNC(=O)C2CC=CCC2)CCC1. The van der Waals surface area contributed by atoms with Gasteiger partial charge in [0.05, 0.1) is 6.42 Å². The Labute approximate surface area is 107 Å². The largest absolute Gasteiger partial charge is 0.481 e. The highest BCUT2D eigenvalue weighted by Gasteiger charge is 2.39. The van der Waals surface area contributed by atoms with Gasteiger partial charge in [0.25, 0.3) is 0 Å². The molecule has 1 fully saturated rings.